The minimum atomic E-state index is -0.166. The van der Waals surface area contributed by atoms with Gasteiger partial charge in [-0.1, -0.05) is 19.4 Å². The first-order valence-corrected chi connectivity index (χ1v) is 7.42. The average molecular weight is 315 g/mol. The summed E-state index contributed by atoms with van der Waals surface area (Å²) in [5, 5.41) is 0. The highest BCUT2D eigenvalue weighted by Gasteiger charge is 2.30. The molecule has 2 rings (SSSR count). The molecule has 0 amide bonds. The summed E-state index contributed by atoms with van der Waals surface area (Å²) in [6, 6.07) is 4.32. The molecule has 1 aromatic carbocycles. The van der Waals surface area contributed by atoms with E-state index >= 15 is 0 Å². The third-order valence-corrected chi connectivity index (χ3v) is 4.27. The lowest BCUT2D eigenvalue weighted by atomic mass is 10.1. The molecule has 1 saturated carbocycles. The predicted molar refractivity (Wildman–Crippen MR) is 77.3 cm³/mol. The zero-order valence-electron chi connectivity index (χ0n) is 10.8. The van der Waals surface area contributed by atoms with Crippen LogP contribution in [0.25, 0.3) is 0 Å². The van der Waals surface area contributed by atoms with Crippen LogP contribution < -0.4 is 10.6 Å². The Bertz CT molecular complexity index is 419. The van der Waals surface area contributed by atoms with Crippen LogP contribution in [0.2, 0.25) is 0 Å². The van der Waals surface area contributed by atoms with Crippen LogP contribution in [0.4, 0.5) is 10.1 Å². The molecule has 100 valence electrons. The van der Waals surface area contributed by atoms with Crippen LogP contribution in [0.3, 0.4) is 0 Å². The van der Waals surface area contributed by atoms with E-state index in [1.54, 1.807) is 0 Å². The molecule has 2 nitrogen and oxygen atoms in total. The molecule has 0 radical (unpaired) electrons. The molecular formula is C14H20BrFN2. The minimum Gasteiger partial charge on any atom is -0.366 e. The van der Waals surface area contributed by atoms with Crippen molar-refractivity contribution < 1.29 is 4.39 Å². The van der Waals surface area contributed by atoms with Crippen molar-refractivity contribution in [2.45, 2.75) is 45.2 Å². The van der Waals surface area contributed by atoms with Crippen molar-refractivity contribution in [3.05, 3.63) is 28.0 Å². The lowest BCUT2D eigenvalue weighted by Crippen LogP contribution is -2.28. The number of rotatable bonds is 6. The number of anilines is 1. The van der Waals surface area contributed by atoms with E-state index in [-0.39, 0.29) is 5.82 Å². The Kier molecular flexibility index (Phi) is 4.62. The summed E-state index contributed by atoms with van der Waals surface area (Å²) in [5.41, 5.74) is 7.13. The summed E-state index contributed by atoms with van der Waals surface area (Å²) in [6.07, 6.45) is 4.60. The van der Waals surface area contributed by atoms with Gasteiger partial charge in [-0.05, 0) is 46.8 Å². The van der Waals surface area contributed by atoms with Gasteiger partial charge in [-0.25, -0.2) is 4.39 Å². The summed E-state index contributed by atoms with van der Waals surface area (Å²) in [4.78, 5) is 2.21. The van der Waals surface area contributed by atoms with E-state index in [1.807, 2.05) is 12.1 Å². The molecule has 0 spiro atoms. The second-order valence-electron chi connectivity index (χ2n) is 4.85. The molecule has 0 saturated heterocycles. The summed E-state index contributed by atoms with van der Waals surface area (Å²) in [7, 11) is 0. The molecule has 1 aliphatic rings. The van der Waals surface area contributed by atoms with Crippen molar-refractivity contribution in [3.8, 4) is 0 Å². The predicted octanol–water partition coefficient (Wildman–Crippen LogP) is 3.82. The number of benzene rings is 1. The smallest absolute Gasteiger partial charge is 0.160 e. The Balaban J connectivity index is 2.27. The van der Waals surface area contributed by atoms with E-state index in [0.29, 0.717) is 17.1 Å². The number of unbranched alkanes of at least 4 members (excludes halogenated alkanes) is 1. The molecule has 0 unspecified atom stereocenters. The molecule has 1 fully saturated rings. The summed E-state index contributed by atoms with van der Waals surface area (Å²) in [6.45, 7) is 3.46. The van der Waals surface area contributed by atoms with Crippen LogP contribution in [0, 0.1) is 5.82 Å². The van der Waals surface area contributed by atoms with Crippen molar-refractivity contribution in [1.29, 1.82) is 0 Å². The van der Waals surface area contributed by atoms with Crippen LogP contribution >= 0.6 is 15.9 Å². The number of halogens is 2. The van der Waals surface area contributed by atoms with Gasteiger partial charge in [-0.15, -0.1) is 0 Å². The standard InChI is InChI=1S/C14H20BrFN2/c1-2-3-8-18(11-5-6-11)12-7-4-10(9-17)13(15)14(12)16/h4,7,11H,2-3,5-6,8-9,17H2,1H3. The van der Waals surface area contributed by atoms with Gasteiger partial charge in [0.15, 0.2) is 5.82 Å². The molecular weight excluding hydrogens is 295 g/mol. The van der Waals surface area contributed by atoms with Gasteiger partial charge >= 0.3 is 0 Å². The first-order valence-electron chi connectivity index (χ1n) is 6.62. The highest BCUT2D eigenvalue weighted by molar-refractivity contribution is 9.10. The highest BCUT2D eigenvalue weighted by atomic mass is 79.9. The van der Waals surface area contributed by atoms with Gasteiger partial charge in [-0.2, -0.15) is 0 Å². The largest absolute Gasteiger partial charge is 0.366 e. The quantitative estimate of drug-likeness (QED) is 0.865. The van der Waals surface area contributed by atoms with Gasteiger partial charge in [-0.3, -0.25) is 0 Å². The molecule has 0 atom stereocenters. The highest BCUT2D eigenvalue weighted by Crippen LogP contribution is 2.36. The maximum Gasteiger partial charge on any atom is 0.160 e. The van der Waals surface area contributed by atoms with Crippen LogP contribution in [0.15, 0.2) is 16.6 Å². The number of nitrogens with zero attached hydrogens (tertiary/aromatic N) is 1. The maximum absolute atomic E-state index is 14.4. The van der Waals surface area contributed by atoms with Crippen LogP contribution in [-0.4, -0.2) is 12.6 Å². The Labute approximate surface area is 116 Å². The second-order valence-corrected chi connectivity index (χ2v) is 5.65. The zero-order chi connectivity index (χ0) is 13.1. The number of hydrogen-bond donors (Lipinski definition) is 1. The summed E-state index contributed by atoms with van der Waals surface area (Å²) >= 11 is 3.32. The second kappa shape index (κ2) is 6.02. The Morgan fingerprint density at radius 3 is 2.72 bits per heavy atom. The molecule has 0 bridgehead atoms. The fourth-order valence-electron chi connectivity index (χ4n) is 2.17. The maximum atomic E-state index is 14.4. The van der Waals surface area contributed by atoms with E-state index in [0.717, 1.165) is 30.6 Å². The molecule has 4 heteroatoms. The van der Waals surface area contributed by atoms with E-state index in [2.05, 4.69) is 27.8 Å². The Morgan fingerprint density at radius 1 is 1.44 bits per heavy atom. The first kappa shape index (κ1) is 13.8. The summed E-state index contributed by atoms with van der Waals surface area (Å²) < 4.78 is 14.9. The molecule has 0 aromatic heterocycles. The topological polar surface area (TPSA) is 29.3 Å². The molecule has 1 aliphatic carbocycles. The molecule has 18 heavy (non-hydrogen) atoms. The van der Waals surface area contributed by atoms with Crippen molar-refractivity contribution >= 4 is 21.6 Å². The van der Waals surface area contributed by atoms with Crippen LogP contribution in [0.5, 0.6) is 0 Å². The Morgan fingerprint density at radius 2 is 2.17 bits per heavy atom. The third-order valence-electron chi connectivity index (χ3n) is 3.41. The van der Waals surface area contributed by atoms with Crippen LogP contribution in [0.1, 0.15) is 38.2 Å². The van der Waals surface area contributed by atoms with Gasteiger partial charge in [0.2, 0.25) is 0 Å². The van der Waals surface area contributed by atoms with Gasteiger partial charge in [0.25, 0.3) is 0 Å². The molecule has 2 N–H and O–H groups in total. The van der Waals surface area contributed by atoms with E-state index < -0.39 is 0 Å². The van der Waals surface area contributed by atoms with Gasteiger partial charge < -0.3 is 10.6 Å². The monoisotopic (exact) mass is 314 g/mol. The van der Waals surface area contributed by atoms with Crippen molar-refractivity contribution in [3.63, 3.8) is 0 Å². The SMILES string of the molecule is CCCCN(c1ccc(CN)c(Br)c1F)C1CC1. The van der Waals surface area contributed by atoms with E-state index in [1.165, 1.54) is 12.8 Å². The normalized spacial score (nSPS) is 14.9. The summed E-state index contributed by atoms with van der Waals surface area (Å²) in [5.74, 6) is -0.166. The van der Waals surface area contributed by atoms with Gasteiger partial charge in [0, 0.05) is 19.1 Å². The lowest BCUT2D eigenvalue weighted by molar-refractivity contribution is 0.601. The molecule has 0 heterocycles. The zero-order valence-corrected chi connectivity index (χ0v) is 12.3. The van der Waals surface area contributed by atoms with Crippen molar-refractivity contribution in [2.24, 2.45) is 5.73 Å². The number of nitrogens with two attached hydrogens (primary N) is 1. The lowest BCUT2D eigenvalue weighted by Gasteiger charge is -2.26. The third kappa shape index (κ3) is 2.86. The molecule has 1 aromatic rings. The Hall–Kier alpha value is -0.610. The first-order chi connectivity index (χ1) is 8.69. The number of hydrogen-bond acceptors (Lipinski definition) is 2. The molecule has 0 aliphatic heterocycles. The van der Waals surface area contributed by atoms with Crippen molar-refractivity contribution in [1.82, 2.24) is 0 Å². The van der Waals surface area contributed by atoms with Gasteiger partial charge in [0.05, 0.1) is 10.2 Å². The fraction of sp³-hybridized carbons (Fsp3) is 0.571. The minimum absolute atomic E-state index is 0.166. The van der Waals surface area contributed by atoms with E-state index in [4.69, 9.17) is 5.73 Å². The van der Waals surface area contributed by atoms with E-state index in [9.17, 15) is 4.39 Å². The average Bonchev–Trinajstić information content (AvgIpc) is 3.19. The van der Waals surface area contributed by atoms with Crippen molar-refractivity contribution in [2.75, 3.05) is 11.4 Å². The fourth-order valence-corrected chi connectivity index (χ4v) is 2.67. The van der Waals surface area contributed by atoms with Crippen LogP contribution in [-0.2, 0) is 6.54 Å². The van der Waals surface area contributed by atoms with Gasteiger partial charge in [0.1, 0.15) is 0 Å².